The van der Waals surface area contributed by atoms with Crippen molar-refractivity contribution in [2.75, 3.05) is 0 Å². The molecule has 0 spiro atoms. The molecule has 0 fully saturated rings. The maximum absolute atomic E-state index is 3.76. The fraction of sp³-hybridized carbons (Fsp3) is 0. The molecule has 0 saturated carbocycles. The van der Waals surface area contributed by atoms with Crippen LogP contribution in [0.1, 0.15) is 0 Å². The average molecular weight is 164 g/mol. The molecule has 0 aliphatic heterocycles. The smallest absolute Gasteiger partial charge is 0.0574 e. The summed E-state index contributed by atoms with van der Waals surface area (Å²) < 4.78 is 0. The van der Waals surface area contributed by atoms with Gasteiger partial charge in [-0.05, 0) is 0 Å². The lowest BCUT2D eigenvalue weighted by Crippen LogP contribution is -1.77. The van der Waals surface area contributed by atoms with E-state index in [4.69, 9.17) is 0 Å². The van der Waals surface area contributed by atoms with Gasteiger partial charge in [0.05, 0.1) is 12.4 Å². The number of hydrogen-bond donors (Lipinski definition) is 0. The summed E-state index contributed by atoms with van der Waals surface area (Å²) in [5, 5.41) is 9.80. The molecule has 0 N–H and O–H groups in total. The molecule has 0 aliphatic rings. The van der Waals surface area contributed by atoms with Crippen molar-refractivity contribution >= 4 is 20.7 Å². The quantitative estimate of drug-likeness (QED) is 0.553. The Morgan fingerprint density at radius 3 is 1.73 bits per heavy atom. The largest absolute Gasteiger partial charge is 0.158 e. The van der Waals surface area contributed by atoms with Crippen LogP contribution in [0.3, 0.4) is 0 Å². The fourth-order valence-corrected chi connectivity index (χ4v) is 0.937. The van der Waals surface area contributed by atoms with Crippen molar-refractivity contribution in [1.82, 2.24) is 10.2 Å². The highest BCUT2D eigenvalue weighted by Gasteiger charge is 1.87. The van der Waals surface area contributed by atoms with Gasteiger partial charge >= 0.3 is 0 Å². The van der Waals surface area contributed by atoms with Crippen molar-refractivity contribution in [2.24, 2.45) is 0 Å². The highest BCUT2D eigenvalue weighted by molar-refractivity contribution is 6.92. The van der Waals surface area contributed by atoms with Gasteiger partial charge < -0.3 is 0 Å². The lowest BCUT2D eigenvalue weighted by Gasteiger charge is -1.90. The summed E-state index contributed by atoms with van der Waals surface area (Å²) in [5.41, 5.74) is 0. The normalized spacial score (nSPS) is 9.09. The first-order chi connectivity index (χ1) is 4.97. The second kappa shape index (κ2) is 3.40. The minimum absolute atomic E-state index is 0. The van der Waals surface area contributed by atoms with Gasteiger partial charge in [0.2, 0.25) is 0 Å². The Kier molecular flexibility index (Phi) is 2.50. The monoisotopic (exact) mass is 164 g/mol. The van der Waals surface area contributed by atoms with Crippen LogP contribution >= 0.6 is 9.90 Å². The van der Waals surface area contributed by atoms with Crippen molar-refractivity contribution in [3.05, 3.63) is 36.7 Å². The summed E-state index contributed by atoms with van der Waals surface area (Å²) in [6, 6.07) is 8.02. The van der Waals surface area contributed by atoms with Gasteiger partial charge in [-0.3, -0.25) is 0 Å². The Hall–Kier alpha value is -1.01. The first kappa shape index (κ1) is 8.09. The maximum atomic E-state index is 3.76. The average Bonchev–Trinajstić information content (AvgIpc) is 2.05. The van der Waals surface area contributed by atoms with E-state index in [1.54, 1.807) is 12.4 Å². The Bertz CT molecular complexity index is 283. The van der Waals surface area contributed by atoms with Crippen molar-refractivity contribution in [3.63, 3.8) is 0 Å². The van der Waals surface area contributed by atoms with E-state index < -0.39 is 0 Å². The van der Waals surface area contributed by atoms with Crippen LogP contribution in [-0.2, 0) is 0 Å². The second-order valence-electron chi connectivity index (χ2n) is 2.12. The van der Waals surface area contributed by atoms with E-state index in [1.807, 2.05) is 24.3 Å². The predicted molar refractivity (Wildman–Crippen MR) is 50.6 cm³/mol. The highest BCUT2D eigenvalue weighted by Crippen LogP contribution is 2.08. The summed E-state index contributed by atoms with van der Waals surface area (Å²) in [7, 11) is 0. The zero-order valence-electron chi connectivity index (χ0n) is 6.07. The molecular weight excluding hydrogens is 155 g/mol. The van der Waals surface area contributed by atoms with Gasteiger partial charge in [0, 0.05) is 10.8 Å². The molecule has 2 aromatic rings. The molecule has 56 valence electrons. The molecule has 11 heavy (non-hydrogen) atoms. The SMILES string of the molecule is P.c1ccc2cnncc2c1. The zero-order chi connectivity index (χ0) is 6.81. The van der Waals surface area contributed by atoms with Crippen molar-refractivity contribution in [2.45, 2.75) is 0 Å². The topological polar surface area (TPSA) is 25.8 Å². The Morgan fingerprint density at radius 2 is 1.27 bits per heavy atom. The van der Waals surface area contributed by atoms with Gasteiger partial charge in [-0.15, -0.1) is 0 Å². The molecule has 0 radical (unpaired) electrons. The summed E-state index contributed by atoms with van der Waals surface area (Å²) in [4.78, 5) is 0. The molecule has 0 amide bonds. The second-order valence-corrected chi connectivity index (χ2v) is 2.12. The number of fused-ring (bicyclic) bond motifs is 1. The van der Waals surface area contributed by atoms with Crippen LogP contribution in [-0.4, -0.2) is 10.2 Å². The standard InChI is InChI=1S/C8H6N2.H3P/c1-2-4-8-6-10-9-5-7(8)3-1;/h1-6H;1H3. The summed E-state index contributed by atoms with van der Waals surface area (Å²) in [5.74, 6) is 0. The van der Waals surface area contributed by atoms with Crippen LogP contribution in [0.2, 0.25) is 0 Å². The lowest BCUT2D eigenvalue weighted by molar-refractivity contribution is 1.05. The Labute approximate surface area is 68.3 Å². The van der Waals surface area contributed by atoms with Gasteiger partial charge in [-0.1, -0.05) is 24.3 Å². The highest BCUT2D eigenvalue weighted by atomic mass is 31.0. The maximum Gasteiger partial charge on any atom is 0.0574 e. The zero-order valence-corrected chi connectivity index (χ0v) is 7.48. The molecule has 0 aliphatic carbocycles. The molecule has 0 saturated heterocycles. The van der Waals surface area contributed by atoms with E-state index in [1.165, 1.54) is 0 Å². The molecule has 1 unspecified atom stereocenters. The number of nitrogens with zero attached hydrogens (tertiary/aromatic N) is 2. The molecule has 1 aromatic carbocycles. The van der Waals surface area contributed by atoms with Crippen LogP contribution in [0.4, 0.5) is 0 Å². The molecule has 2 rings (SSSR count). The van der Waals surface area contributed by atoms with E-state index in [9.17, 15) is 0 Å². The van der Waals surface area contributed by atoms with Crippen LogP contribution < -0.4 is 0 Å². The number of rotatable bonds is 0. The van der Waals surface area contributed by atoms with E-state index in [0.29, 0.717) is 0 Å². The van der Waals surface area contributed by atoms with E-state index in [0.717, 1.165) is 10.8 Å². The summed E-state index contributed by atoms with van der Waals surface area (Å²) in [6.07, 6.45) is 3.52. The third kappa shape index (κ3) is 1.52. The van der Waals surface area contributed by atoms with Crippen molar-refractivity contribution < 1.29 is 0 Å². The van der Waals surface area contributed by atoms with Crippen molar-refractivity contribution in [3.8, 4) is 0 Å². The van der Waals surface area contributed by atoms with Gasteiger partial charge in [0.1, 0.15) is 0 Å². The van der Waals surface area contributed by atoms with Crippen LogP contribution in [0.25, 0.3) is 10.8 Å². The molecule has 1 heterocycles. The van der Waals surface area contributed by atoms with Gasteiger partial charge in [-0.25, -0.2) is 0 Å². The molecule has 1 aromatic heterocycles. The minimum Gasteiger partial charge on any atom is -0.158 e. The summed E-state index contributed by atoms with van der Waals surface area (Å²) >= 11 is 0. The third-order valence-electron chi connectivity index (χ3n) is 1.46. The molecule has 2 nitrogen and oxygen atoms in total. The van der Waals surface area contributed by atoms with Gasteiger partial charge in [0.15, 0.2) is 0 Å². The predicted octanol–water partition coefficient (Wildman–Crippen LogP) is 1.69. The summed E-state index contributed by atoms with van der Waals surface area (Å²) in [6.45, 7) is 0. The van der Waals surface area contributed by atoms with E-state index in [-0.39, 0.29) is 9.90 Å². The van der Waals surface area contributed by atoms with Crippen LogP contribution in [0.15, 0.2) is 36.7 Å². The van der Waals surface area contributed by atoms with E-state index in [2.05, 4.69) is 10.2 Å². The molecule has 0 bridgehead atoms. The minimum atomic E-state index is 0. The number of aromatic nitrogens is 2. The Balaban J connectivity index is 0.000000605. The first-order valence-corrected chi connectivity index (χ1v) is 3.12. The van der Waals surface area contributed by atoms with Crippen LogP contribution in [0.5, 0.6) is 0 Å². The van der Waals surface area contributed by atoms with Crippen LogP contribution in [0, 0.1) is 0 Å². The fourth-order valence-electron chi connectivity index (χ4n) is 0.937. The van der Waals surface area contributed by atoms with Gasteiger partial charge in [-0.2, -0.15) is 20.1 Å². The first-order valence-electron chi connectivity index (χ1n) is 3.12. The molecular formula is C8H9N2P. The molecule has 3 heteroatoms. The lowest BCUT2D eigenvalue weighted by atomic mass is 10.2. The van der Waals surface area contributed by atoms with Crippen molar-refractivity contribution in [1.29, 1.82) is 0 Å². The van der Waals surface area contributed by atoms with E-state index >= 15 is 0 Å². The van der Waals surface area contributed by atoms with Gasteiger partial charge in [0.25, 0.3) is 0 Å². The third-order valence-corrected chi connectivity index (χ3v) is 1.46. The molecule has 1 atom stereocenters. The number of benzene rings is 1. The Morgan fingerprint density at radius 1 is 0.818 bits per heavy atom. The number of hydrogen-bond acceptors (Lipinski definition) is 2.